The van der Waals surface area contributed by atoms with Gasteiger partial charge in [-0.2, -0.15) is 0 Å². The van der Waals surface area contributed by atoms with Crippen LogP contribution in [0.1, 0.15) is 22.8 Å². The molecule has 1 aromatic carbocycles. The van der Waals surface area contributed by atoms with E-state index in [4.69, 9.17) is 16.3 Å². The molecule has 0 bridgehead atoms. The number of aromatic nitrogens is 1. The molecule has 4 nitrogen and oxygen atoms in total. The van der Waals surface area contributed by atoms with Crippen LogP contribution in [0.4, 0.5) is 0 Å². The van der Waals surface area contributed by atoms with Gasteiger partial charge in [-0.15, -0.1) is 0 Å². The highest BCUT2D eigenvalue weighted by atomic mass is 35.5. The number of halogens is 1. The van der Waals surface area contributed by atoms with Crippen LogP contribution in [0.5, 0.6) is 5.75 Å². The molecule has 104 valence electrons. The molecule has 0 fully saturated rings. The average Bonchev–Trinajstić information content (AvgIpc) is 2.48. The van der Waals surface area contributed by atoms with Crippen LogP contribution in [0.25, 0.3) is 0 Å². The molecule has 0 unspecified atom stereocenters. The molecule has 20 heavy (non-hydrogen) atoms. The molecule has 1 aromatic heterocycles. The van der Waals surface area contributed by atoms with Crippen LogP contribution in [0.3, 0.4) is 0 Å². The largest absolute Gasteiger partial charge is 0.493 e. The van der Waals surface area contributed by atoms with Crippen LogP contribution in [-0.2, 0) is 6.54 Å². The average molecular weight is 291 g/mol. The van der Waals surface area contributed by atoms with Crippen molar-refractivity contribution in [3.63, 3.8) is 0 Å². The van der Waals surface area contributed by atoms with Gasteiger partial charge in [-0.25, -0.2) is 0 Å². The molecule has 0 aliphatic heterocycles. The molecule has 1 amide bonds. The molecular weight excluding hydrogens is 276 g/mol. The van der Waals surface area contributed by atoms with Crippen molar-refractivity contribution in [2.75, 3.05) is 6.61 Å². The number of carbonyl (C=O) groups is 1. The number of nitrogens with one attached hydrogen (secondary N) is 1. The fraction of sp³-hybridized carbons (Fsp3) is 0.200. The molecule has 0 atom stereocenters. The molecule has 0 saturated carbocycles. The Morgan fingerprint density at radius 3 is 2.75 bits per heavy atom. The van der Waals surface area contributed by atoms with E-state index >= 15 is 0 Å². The molecule has 0 aliphatic carbocycles. The van der Waals surface area contributed by atoms with E-state index in [1.807, 2.05) is 19.1 Å². The zero-order valence-electron chi connectivity index (χ0n) is 11.1. The van der Waals surface area contributed by atoms with Crippen molar-refractivity contribution in [1.82, 2.24) is 10.3 Å². The van der Waals surface area contributed by atoms with E-state index in [1.54, 1.807) is 30.6 Å². The van der Waals surface area contributed by atoms with E-state index in [0.29, 0.717) is 29.5 Å². The van der Waals surface area contributed by atoms with E-state index in [9.17, 15) is 4.79 Å². The minimum absolute atomic E-state index is 0.215. The summed E-state index contributed by atoms with van der Waals surface area (Å²) in [5.74, 6) is 0.317. The monoisotopic (exact) mass is 290 g/mol. The predicted octanol–water partition coefficient (Wildman–Crippen LogP) is 3.06. The summed E-state index contributed by atoms with van der Waals surface area (Å²) >= 11 is 5.93. The highest BCUT2D eigenvalue weighted by Crippen LogP contribution is 2.23. The SMILES string of the molecule is CCOc1ccc(Cl)cc1C(=O)NCc1ccncc1. The number of pyridine rings is 1. The van der Waals surface area contributed by atoms with E-state index in [1.165, 1.54) is 0 Å². The Kier molecular flexibility index (Phi) is 4.96. The third-order valence-electron chi connectivity index (χ3n) is 2.69. The second kappa shape index (κ2) is 6.91. The van der Waals surface area contributed by atoms with Gasteiger partial charge in [-0.3, -0.25) is 9.78 Å². The first-order valence-corrected chi connectivity index (χ1v) is 6.68. The van der Waals surface area contributed by atoms with Crippen molar-refractivity contribution >= 4 is 17.5 Å². The summed E-state index contributed by atoms with van der Waals surface area (Å²) in [5, 5.41) is 3.34. The summed E-state index contributed by atoms with van der Waals surface area (Å²) in [7, 11) is 0. The van der Waals surface area contributed by atoms with Gasteiger partial charge in [0.05, 0.1) is 12.2 Å². The summed E-state index contributed by atoms with van der Waals surface area (Å²) in [6, 6.07) is 8.71. The Labute approximate surface area is 122 Å². The summed E-state index contributed by atoms with van der Waals surface area (Å²) in [5.41, 5.74) is 1.42. The lowest BCUT2D eigenvalue weighted by Gasteiger charge is -2.11. The molecular formula is C15H15ClN2O2. The van der Waals surface area contributed by atoms with Crippen molar-refractivity contribution in [2.24, 2.45) is 0 Å². The lowest BCUT2D eigenvalue weighted by Crippen LogP contribution is -2.23. The number of hydrogen-bond donors (Lipinski definition) is 1. The Hall–Kier alpha value is -2.07. The van der Waals surface area contributed by atoms with Crippen LogP contribution in [0, 0.1) is 0 Å². The second-order valence-corrected chi connectivity index (χ2v) is 4.55. The molecule has 1 N–H and O–H groups in total. The van der Waals surface area contributed by atoms with Gasteiger partial charge >= 0.3 is 0 Å². The first kappa shape index (κ1) is 14.3. The fourth-order valence-corrected chi connectivity index (χ4v) is 1.91. The van der Waals surface area contributed by atoms with Gasteiger partial charge < -0.3 is 10.1 Å². The van der Waals surface area contributed by atoms with E-state index < -0.39 is 0 Å². The number of nitrogens with zero attached hydrogens (tertiary/aromatic N) is 1. The number of amides is 1. The Morgan fingerprint density at radius 2 is 2.05 bits per heavy atom. The van der Waals surface area contributed by atoms with Gasteiger partial charge in [0.25, 0.3) is 5.91 Å². The Bertz CT molecular complexity index is 588. The van der Waals surface area contributed by atoms with Crippen molar-refractivity contribution in [3.8, 4) is 5.75 Å². The lowest BCUT2D eigenvalue weighted by atomic mass is 10.1. The molecule has 0 radical (unpaired) electrons. The van der Waals surface area contributed by atoms with Crippen LogP contribution in [-0.4, -0.2) is 17.5 Å². The van der Waals surface area contributed by atoms with Crippen molar-refractivity contribution in [2.45, 2.75) is 13.5 Å². The van der Waals surface area contributed by atoms with Gasteiger partial charge in [0, 0.05) is 24.0 Å². The Morgan fingerprint density at radius 1 is 1.30 bits per heavy atom. The second-order valence-electron chi connectivity index (χ2n) is 4.11. The van der Waals surface area contributed by atoms with Crippen molar-refractivity contribution in [1.29, 1.82) is 0 Å². The predicted molar refractivity (Wildman–Crippen MR) is 78.0 cm³/mol. The third kappa shape index (κ3) is 3.71. The summed E-state index contributed by atoms with van der Waals surface area (Å²) in [6.07, 6.45) is 3.37. The van der Waals surface area contributed by atoms with Crippen molar-refractivity contribution < 1.29 is 9.53 Å². The number of benzene rings is 1. The zero-order valence-corrected chi connectivity index (χ0v) is 11.9. The molecule has 5 heteroatoms. The van der Waals surface area contributed by atoms with Crippen LogP contribution in [0.15, 0.2) is 42.7 Å². The minimum atomic E-state index is -0.215. The summed E-state index contributed by atoms with van der Waals surface area (Å²) in [6.45, 7) is 2.79. The van der Waals surface area contributed by atoms with E-state index in [-0.39, 0.29) is 5.91 Å². The van der Waals surface area contributed by atoms with Gasteiger partial charge in [-0.05, 0) is 42.8 Å². The number of hydrogen-bond acceptors (Lipinski definition) is 3. The van der Waals surface area contributed by atoms with E-state index in [0.717, 1.165) is 5.56 Å². The first-order chi connectivity index (χ1) is 9.70. The normalized spacial score (nSPS) is 10.1. The van der Waals surface area contributed by atoms with Gasteiger partial charge in [0.2, 0.25) is 0 Å². The van der Waals surface area contributed by atoms with Gasteiger partial charge in [0.15, 0.2) is 0 Å². The molecule has 2 aromatic rings. The first-order valence-electron chi connectivity index (χ1n) is 6.30. The van der Waals surface area contributed by atoms with Crippen LogP contribution >= 0.6 is 11.6 Å². The quantitative estimate of drug-likeness (QED) is 0.921. The van der Waals surface area contributed by atoms with Crippen molar-refractivity contribution in [3.05, 3.63) is 58.9 Å². The third-order valence-corrected chi connectivity index (χ3v) is 2.92. The fourth-order valence-electron chi connectivity index (χ4n) is 1.74. The standard InChI is InChI=1S/C15H15ClN2O2/c1-2-20-14-4-3-12(16)9-13(14)15(19)18-10-11-5-7-17-8-6-11/h3-9H,2,10H2,1H3,(H,18,19). The topological polar surface area (TPSA) is 51.2 Å². The van der Waals surface area contributed by atoms with E-state index in [2.05, 4.69) is 10.3 Å². The van der Waals surface area contributed by atoms with Gasteiger partial charge in [-0.1, -0.05) is 11.6 Å². The summed E-state index contributed by atoms with van der Waals surface area (Å²) < 4.78 is 5.44. The van der Waals surface area contributed by atoms with Crippen LogP contribution < -0.4 is 10.1 Å². The zero-order chi connectivity index (χ0) is 14.4. The number of carbonyl (C=O) groups excluding carboxylic acids is 1. The smallest absolute Gasteiger partial charge is 0.255 e. The molecule has 0 saturated heterocycles. The van der Waals surface area contributed by atoms with Crippen LogP contribution in [0.2, 0.25) is 5.02 Å². The Balaban J connectivity index is 2.10. The summed E-state index contributed by atoms with van der Waals surface area (Å²) in [4.78, 5) is 16.1. The highest BCUT2D eigenvalue weighted by Gasteiger charge is 2.13. The molecule has 2 rings (SSSR count). The minimum Gasteiger partial charge on any atom is -0.493 e. The number of rotatable bonds is 5. The molecule has 1 heterocycles. The maximum Gasteiger partial charge on any atom is 0.255 e. The molecule has 0 spiro atoms. The molecule has 0 aliphatic rings. The lowest BCUT2D eigenvalue weighted by molar-refractivity contribution is 0.0947. The number of ether oxygens (including phenoxy) is 1. The van der Waals surface area contributed by atoms with Gasteiger partial charge in [0.1, 0.15) is 5.75 Å². The maximum atomic E-state index is 12.2. The highest BCUT2D eigenvalue weighted by molar-refractivity contribution is 6.31. The maximum absolute atomic E-state index is 12.2.